The number of rotatable bonds is 6. The van der Waals surface area contributed by atoms with E-state index in [0.717, 1.165) is 12.0 Å². The molecule has 0 radical (unpaired) electrons. The lowest BCUT2D eigenvalue weighted by Crippen LogP contribution is -2.39. The van der Waals surface area contributed by atoms with Crippen LogP contribution in [0.4, 0.5) is 0 Å². The zero-order valence-corrected chi connectivity index (χ0v) is 11.0. The van der Waals surface area contributed by atoms with Crippen LogP contribution in [0.1, 0.15) is 25.8 Å². The Balaban J connectivity index is 2.15. The third kappa shape index (κ3) is 6.06. The van der Waals surface area contributed by atoms with E-state index in [1.807, 2.05) is 30.7 Å². The summed E-state index contributed by atoms with van der Waals surface area (Å²) >= 11 is 1.62. The third-order valence-electron chi connectivity index (χ3n) is 2.12. The van der Waals surface area contributed by atoms with Crippen molar-refractivity contribution in [2.24, 2.45) is 0 Å². The standard InChI is InChI=1S/C12H18N2O2S/c1-9(2)14-12(16)7-13-11(15)4-3-10-5-6-17-8-10/h5-6,8-9H,3-4,7H2,1-2H3,(H,13,15)(H,14,16). The van der Waals surface area contributed by atoms with Crippen LogP contribution in [-0.4, -0.2) is 24.4 Å². The van der Waals surface area contributed by atoms with E-state index in [4.69, 9.17) is 0 Å². The Morgan fingerprint density at radius 2 is 2.12 bits per heavy atom. The molecule has 4 nitrogen and oxygen atoms in total. The molecular weight excluding hydrogens is 236 g/mol. The molecule has 94 valence electrons. The Morgan fingerprint density at radius 3 is 2.71 bits per heavy atom. The summed E-state index contributed by atoms with van der Waals surface area (Å²) in [4.78, 5) is 22.7. The molecule has 0 spiro atoms. The average Bonchev–Trinajstić information content (AvgIpc) is 2.75. The van der Waals surface area contributed by atoms with Crippen LogP contribution in [-0.2, 0) is 16.0 Å². The smallest absolute Gasteiger partial charge is 0.239 e. The summed E-state index contributed by atoms with van der Waals surface area (Å²) in [5.41, 5.74) is 1.16. The summed E-state index contributed by atoms with van der Waals surface area (Å²) in [7, 11) is 0. The maximum absolute atomic E-state index is 11.4. The number of hydrogen-bond donors (Lipinski definition) is 2. The first-order chi connectivity index (χ1) is 8.08. The predicted octanol–water partition coefficient (Wildman–Crippen LogP) is 1.32. The number of thiophene rings is 1. The molecule has 5 heteroatoms. The SMILES string of the molecule is CC(C)NC(=O)CNC(=O)CCc1ccsc1. The lowest BCUT2D eigenvalue weighted by Gasteiger charge is -2.09. The van der Waals surface area contributed by atoms with Gasteiger partial charge >= 0.3 is 0 Å². The van der Waals surface area contributed by atoms with Crippen LogP contribution < -0.4 is 10.6 Å². The zero-order valence-electron chi connectivity index (χ0n) is 10.2. The minimum absolute atomic E-state index is 0.0562. The van der Waals surface area contributed by atoms with Gasteiger partial charge in [-0.3, -0.25) is 9.59 Å². The van der Waals surface area contributed by atoms with Crippen molar-refractivity contribution in [2.75, 3.05) is 6.54 Å². The molecule has 2 amide bonds. The molecule has 0 aliphatic carbocycles. The van der Waals surface area contributed by atoms with Gasteiger partial charge in [0.2, 0.25) is 11.8 Å². The lowest BCUT2D eigenvalue weighted by molar-refractivity contribution is -0.126. The highest BCUT2D eigenvalue weighted by atomic mass is 32.1. The number of hydrogen-bond acceptors (Lipinski definition) is 3. The van der Waals surface area contributed by atoms with Crippen LogP contribution in [0.15, 0.2) is 16.8 Å². The molecule has 1 aromatic heterocycles. The summed E-state index contributed by atoms with van der Waals surface area (Å²) in [6.07, 6.45) is 1.15. The molecule has 0 atom stereocenters. The fourth-order valence-corrected chi connectivity index (χ4v) is 2.04. The predicted molar refractivity (Wildman–Crippen MR) is 68.9 cm³/mol. The molecule has 0 unspecified atom stereocenters. The average molecular weight is 254 g/mol. The number of nitrogens with one attached hydrogen (secondary N) is 2. The molecule has 0 aromatic carbocycles. The molecule has 1 aromatic rings. The van der Waals surface area contributed by atoms with Gasteiger partial charge in [0.15, 0.2) is 0 Å². The number of carbonyl (C=O) groups excluding carboxylic acids is 2. The van der Waals surface area contributed by atoms with Gasteiger partial charge in [-0.25, -0.2) is 0 Å². The van der Waals surface area contributed by atoms with E-state index in [1.54, 1.807) is 11.3 Å². The quantitative estimate of drug-likeness (QED) is 0.804. The van der Waals surface area contributed by atoms with E-state index >= 15 is 0 Å². The Morgan fingerprint density at radius 1 is 1.35 bits per heavy atom. The fourth-order valence-electron chi connectivity index (χ4n) is 1.33. The minimum atomic E-state index is -0.149. The van der Waals surface area contributed by atoms with Crippen molar-refractivity contribution < 1.29 is 9.59 Å². The largest absolute Gasteiger partial charge is 0.352 e. The van der Waals surface area contributed by atoms with E-state index in [2.05, 4.69) is 10.6 Å². The molecule has 0 saturated heterocycles. The monoisotopic (exact) mass is 254 g/mol. The fraction of sp³-hybridized carbons (Fsp3) is 0.500. The van der Waals surface area contributed by atoms with Crippen molar-refractivity contribution >= 4 is 23.2 Å². The third-order valence-corrected chi connectivity index (χ3v) is 2.85. The van der Waals surface area contributed by atoms with Crippen LogP contribution in [0, 0.1) is 0 Å². The van der Waals surface area contributed by atoms with Gasteiger partial charge in [-0.05, 0) is 42.7 Å². The topological polar surface area (TPSA) is 58.2 Å². The molecule has 0 aliphatic heterocycles. The van der Waals surface area contributed by atoms with Crippen LogP contribution in [0.5, 0.6) is 0 Å². The highest BCUT2D eigenvalue weighted by Crippen LogP contribution is 2.07. The van der Waals surface area contributed by atoms with E-state index in [9.17, 15) is 9.59 Å². The van der Waals surface area contributed by atoms with Gasteiger partial charge in [-0.1, -0.05) is 0 Å². The van der Waals surface area contributed by atoms with Crippen LogP contribution in [0.2, 0.25) is 0 Å². The Bertz CT molecular complexity index is 361. The van der Waals surface area contributed by atoms with Crippen LogP contribution in [0.3, 0.4) is 0 Å². The molecule has 17 heavy (non-hydrogen) atoms. The van der Waals surface area contributed by atoms with Crippen molar-refractivity contribution in [1.82, 2.24) is 10.6 Å². The molecule has 1 heterocycles. The van der Waals surface area contributed by atoms with Crippen LogP contribution in [0.25, 0.3) is 0 Å². The first-order valence-corrected chi connectivity index (χ1v) is 6.59. The second kappa shape index (κ2) is 7.06. The van der Waals surface area contributed by atoms with E-state index < -0.39 is 0 Å². The summed E-state index contributed by atoms with van der Waals surface area (Å²) in [5.74, 6) is -0.237. The maximum Gasteiger partial charge on any atom is 0.239 e. The number of amides is 2. The van der Waals surface area contributed by atoms with E-state index in [0.29, 0.717) is 6.42 Å². The molecule has 2 N–H and O–H groups in total. The second-order valence-electron chi connectivity index (χ2n) is 4.13. The van der Waals surface area contributed by atoms with Crippen molar-refractivity contribution in [1.29, 1.82) is 0 Å². The molecule has 0 saturated carbocycles. The van der Waals surface area contributed by atoms with Gasteiger partial charge in [0.1, 0.15) is 0 Å². The number of carbonyl (C=O) groups is 2. The second-order valence-corrected chi connectivity index (χ2v) is 4.91. The lowest BCUT2D eigenvalue weighted by atomic mass is 10.2. The maximum atomic E-state index is 11.4. The summed E-state index contributed by atoms with van der Waals surface area (Å²) in [6, 6.07) is 2.11. The molecule has 0 fully saturated rings. The normalized spacial score (nSPS) is 10.3. The molecular formula is C12H18N2O2S. The van der Waals surface area contributed by atoms with Gasteiger partial charge in [-0.2, -0.15) is 11.3 Å². The first-order valence-electron chi connectivity index (χ1n) is 5.65. The van der Waals surface area contributed by atoms with Crippen molar-refractivity contribution in [3.05, 3.63) is 22.4 Å². The molecule has 0 bridgehead atoms. The van der Waals surface area contributed by atoms with Gasteiger partial charge in [0.05, 0.1) is 6.54 Å². The summed E-state index contributed by atoms with van der Waals surface area (Å²) in [6.45, 7) is 3.83. The minimum Gasteiger partial charge on any atom is -0.352 e. The van der Waals surface area contributed by atoms with Gasteiger partial charge < -0.3 is 10.6 Å². The van der Waals surface area contributed by atoms with Gasteiger partial charge in [0, 0.05) is 12.5 Å². The van der Waals surface area contributed by atoms with E-state index in [1.165, 1.54) is 0 Å². The summed E-state index contributed by atoms with van der Waals surface area (Å²) < 4.78 is 0. The van der Waals surface area contributed by atoms with Crippen molar-refractivity contribution in [3.8, 4) is 0 Å². The van der Waals surface area contributed by atoms with Gasteiger partial charge in [0.25, 0.3) is 0 Å². The zero-order chi connectivity index (χ0) is 12.7. The first kappa shape index (κ1) is 13.7. The van der Waals surface area contributed by atoms with E-state index in [-0.39, 0.29) is 24.4 Å². The molecule has 1 rings (SSSR count). The number of aryl methyl sites for hydroxylation is 1. The van der Waals surface area contributed by atoms with Crippen molar-refractivity contribution in [2.45, 2.75) is 32.7 Å². The Kier molecular flexibility index (Phi) is 5.69. The van der Waals surface area contributed by atoms with Gasteiger partial charge in [-0.15, -0.1) is 0 Å². The Labute approximate surface area is 105 Å². The molecule has 0 aliphatic rings. The summed E-state index contributed by atoms with van der Waals surface area (Å²) in [5, 5.41) is 9.33. The highest BCUT2D eigenvalue weighted by Gasteiger charge is 2.06. The van der Waals surface area contributed by atoms with Crippen LogP contribution >= 0.6 is 11.3 Å². The highest BCUT2D eigenvalue weighted by molar-refractivity contribution is 7.07. The Hall–Kier alpha value is -1.36. The van der Waals surface area contributed by atoms with Crippen molar-refractivity contribution in [3.63, 3.8) is 0 Å².